The van der Waals surface area contributed by atoms with E-state index >= 15 is 0 Å². The number of hydrogen-bond acceptors (Lipinski definition) is 5. The van der Waals surface area contributed by atoms with Crippen molar-refractivity contribution < 1.29 is 31.4 Å². The van der Waals surface area contributed by atoms with E-state index < -0.39 is 30.6 Å². The summed E-state index contributed by atoms with van der Waals surface area (Å²) in [7, 11) is 0. The lowest BCUT2D eigenvalue weighted by Crippen LogP contribution is -2.42. The molecule has 0 radical (unpaired) electrons. The molecule has 0 saturated heterocycles. The van der Waals surface area contributed by atoms with Crippen LogP contribution in [0.15, 0.2) is 53.6 Å². The van der Waals surface area contributed by atoms with Gasteiger partial charge < -0.3 is 16.2 Å². The molecule has 0 aromatic heterocycles. The topological polar surface area (TPSA) is 99.9 Å². The molecule has 29 heavy (non-hydrogen) atoms. The van der Waals surface area contributed by atoms with Crippen molar-refractivity contribution in [1.82, 2.24) is 5.12 Å². The number of nitrogens with two attached hydrogens (primary N) is 2. The Morgan fingerprint density at radius 1 is 1.03 bits per heavy atom. The third-order valence-corrected chi connectivity index (χ3v) is 3.67. The zero-order chi connectivity index (χ0) is 21.8. The van der Waals surface area contributed by atoms with E-state index in [0.717, 1.165) is 12.1 Å². The molecule has 1 unspecified atom stereocenters. The van der Waals surface area contributed by atoms with Gasteiger partial charge in [0.2, 0.25) is 0 Å². The van der Waals surface area contributed by atoms with Gasteiger partial charge in [0.25, 0.3) is 0 Å². The van der Waals surface area contributed by atoms with Gasteiger partial charge in [0, 0.05) is 16.9 Å². The fourth-order valence-corrected chi connectivity index (χ4v) is 2.23. The average molecular weight is 421 g/mol. The van der Waals surface area contributed by atoms with Crippen LogP contribution < -0.4 is 16.9 Å². The molecule has 12 heteroatoms. The highest BCUT2D eigenvalue weighted by molar-refractivity contribution is 6.02. The van der Waals surface area contributed by atoms with Crippen LogP contribution in [0.2, 0.25) is 0 Å². The second-order valence-corrected chi connectivity index (χ2v) is 5.91. The maximum absolute atomic E-state index is 12.6. The number of rotatable bonds is 6. The van der Waals surface area contributed by atoms with E-state index in [4.69, 9.17) is 16.7 Å². The van der Waals surface area contributed by atoms with Gasteiger partial charge >= 0.3 is 12.4 Å². The fraction of sp³-hybridized carbons (Fsp3) is 0.235. The second-order valence-electron chi connectivity index (χ2n) is 5.91. The van der Waals surface area contributed by atoms with Crippen LogP contribution in [0.25, 0.3) is 0 Å². The number of hydrazone groups is 1. The lowest BCUT2D eigenvalue weighted by molar-refractivity contribution is -0.208. The molecule has 2 aromatic rings. The van der Waals surface area contributed by atoms with Gasteiger partial charge in [0.15, 0.2) is 11.9 Å². The molecule has 6 N–H and O–H groups in total. The Kier molecular flexibility index (Phi) is 6.59. The number of aliphatic hydroxyl groups excluding tert-OH is 1. The standard InChI is InChI=1S/C17H17F6N5O/c18-16(19,20)10-5-7-11(8-6-10)26-13-4-2-1-3-12(13)15(24)27-28(25)9-14(29)17(21,22)23/h1-8,14,26,29H,9,25H2,(H2,24,27). The molecule has 0 aliphatic carbocycles. The van der Waals surface area contributed by atoms with Crippen molar-refractivity contribution in [2.45, 2.75) is 18.5 Å². The molecule has 158 valence electrons. The summed E-state index contributed by atoms with van der Waals surface area (Å²) in [6.45, 7) is -1.04. The molecular weight excluding hydrogens is 404 g/mol. The summed E-state index contributed by atoms with van der Waals surface area (Å²) in [5, 5.41) is 15.8. The number of nitrogens with one attached hydrogen (secondary N) is 1. The smallest absolute Gasteiger partial charge is 0.382 e. The predicted molar refractivity (Wildman–Crippen MR) is 94.8 cm³/mol. The first-order valence-electron chi connectivity index (χ1n) is 8.02. The third-order valence-electron chi connectivity index (χ3n) is 3.67. The van der Waals surface area contributed by atoms with Crippen LogP contribution in [0, 0.1) is 0 Å². The summed E-state index contributed by atoms with van der Waals surface area (Å²) in [4.78, 5) is 0. The summed E-state index contributed by atoms with van der Waals surface area (Å²) in [6, 6.07) is 10.4. The molecular formula is C17H17F6N5O. The largest absolute Gasteiger partial charge is 0.416 e. The maximum Gasteiger partial charge on any atom is 0.416 e. The van der Waals surface area contributed by atoms with Crippen molar-refractivity contribution >= 4 is 17.2 Å². The highest BCUT2D eigenvalue weighted by Crippen LogP contribution is 2.30. The van der Waals surface area contributed by atoms with E-state index in [1.807, 2.05) is 0 Å². The summed E-state index contributed by atoms with van der Waals surface area (Å²) >= 11 is 0. The lowest BCUT2D eigenvalue weighted by Gasteiger charge is -2.20. The Labute approximate surface area is 161 Å². The normalized spacial score (nSPS) is 13.9. The minimum Gasteiger partial charge on any atom is -0.382 e. The third kappa shape index (κ3) is 6.26. The number of halogens is 6. The number of nitrogens with zero attached hydrogens (tertiary/aromatic N) is 2. The number of aliphatic hydroxyl groups is 1. The molecule has 0 fully saturated rings. The van der Waals surface area contributed by atoms with Gasteiger partial charge in [-0.25, -0.2) is 11.0 Å². The van der Waals surface area contributed by atoms with Gasteiger partial charge in [-0.2, -0.15) is 26.3 Å². The molecule has 0 saturated carbocycles. The van der Waals surface area contributed by atoms with Gasteiger partial charge in [-0.05, 0) is 36.4 Å². The van der Waals surface area contributed by atoms with E-state index in [-0.39, 0.29) is 11.4 Å². The first-order chi connectivity index (χ1) is 13.4. The first kappa shape index (κ1) is 22.3. The average Bonchev–Trinajstić information content (AvgIpc) is 2.61. The molecule has 0 bridgehead atoms. The van der Waals surface area contributed by atoms with E-state index in [2.05, 4.69) is 10.4 Å². The van der Waals surface area contributed by atoms with Gasteiger partial charge in [0.1, 0.15) is 0 Å². The van der Waals surface area contributed by atoms with Crippen LogP contribution in [0.4, 0.5) is 37.7 Å². The van der Waals surface area contributed by atoms with Crippen LogP contribution in [-0.2, 0) is 6.18 Å². The lowest BCUT2D eigenvalue weighted by atomic mass is 10.1. The molecule has 6 nitrogen and oxygen atoms in total. The first-order valence-corrected chi connectivity index (χ1v) is 8.02. The van der Waals surface area contributed by atoms with Gasteiger partial charge in [-0.1, -0.05) is 12.1 Å². The van der Waals surface area contributed by atoms with Crippen LogP contribution in [0.3, 0.4) is 0 Å². The Morgan fingerprint density at radius 2 is 1.62 bits per heavy atom. The zero-order valence-electron chi connectivity index (χ0n) is 14.7. The SMILES string of the molecule is N/C(=N\N(N)CC(O)C(F)(F)F)c1ccccc1Nc1ccc(C(F)(F)F)cc1. The summed E-state index contributed by atoms with van der Waals surface area (Å²) in [5.74, 6) is 5.08. The van der Waals surface area contributed by atoms with Crippen LogP contribution in [0.5, 0.6) is 0 Å². The Bertz CT molecular complexity index is 851. The van der Waals surface area contributed by atoms with Crippen molar-refractivity contribution in [3.05, 3.63) is 59.7 Å². The van der Waals surface area contributed by atoms with E-state index in [9.17, 15) is 26.3 Å². The molecule has 0 aliphatic rings. The predicted octanol–water partition coefficient (Wildman–Crippen LogP) is 3.17. The highest BCUT2D eigenvalue weighted by Gasteiger charge is 2.39. The maximum atomic E-state index is 12.6. The van der Waals surface area contributed by atoms with E-state index in [1.165, 1.54) is 18.2 Å². The summed E-state index contributed by atoms with van der Waals surface area (Å²) in [6.07, 6.45) is -12.1. The van der Waals surface area contributed by atoms with Gasteiger partial charge in [0.05, 0.1) is 12.1 Å². The number of benzene rings is 2. The van der Waals surface area contributed by atoms with Gasteiger partial charge in [-0.15, -0.1) is 5.10 Å². The zero-order valence-corrected chi connectivity index (χ0v) is 14.7. The van der Waals surface area contributed by atoms with Crippen LogP contribution in [-0.4, -0.2) is 34.9 Å². The summed E-state index contributed by atoms with van der Waals surface area (Å²) in [5.41, 5.74) is 5.86. The molecule has 0 heterocycles. The van der Waals surface area contributed by atoms with Crippen LogP contribution in [0.1, 0.15) is 11.1 Å². The van der Waals surface area contributed by atoms with Crippen molar-refractivity contribution in [1.29, 1.82) is 0 Å². The molecule has 2 aromatic carbocycles. The number of para-hydroxylation sites is 1. The second kappa shape index (κ2) is 8.57. The van der Waals surface area contributed by atoms with E-state index in [1.54, 1.807) is 18.2 Å². The van der Waals surface area contributed by atoms with Crippen LogP contribution >= 0.6 is 0 Å². The number of hydrogen-bond donors (Lipinski definition) is 4. The minimum absolute atomic E-state index is 0.240. The number of alkyl halides is 6. The number of hydrazine groups is 1. The summed E-state index contributed by atoms with van der Waals surface area (Å²) < 4.78 is 75.1. The van der Waals surface area contributed by atoms with Crippen molar-refractivity contribution in [2.24, 2.45) is 16.7 Å². The molecule has 0 amide bonds. The molecule has 0 spiro atoms. The Balaban J connectivity index is 2.19. The van der Waals surface area contributed by atoms with Crippen molar-refractivity contribution in [3.8, 4) is 0 Å². The molecule has 2 rings (SSSR count). The monoisotopic (exact) mass is 421 g/mol. The number of amidine groups is 1. The Hall–Kier alpha value is -2.99. The number of anilines is 2. The Morgan fingerprint density at radius 3 is 2.17 bits per heavy atom. The van der Waals surface area contributed by atoms with Gasteiger partial charge in [-0.3, -0.25) is 0 Å². The van der Waals surface area contributed by atoms with E-state index in [0.29, 0.717) is 16.5 Å². The highest BCUT2D eigenvalue weighted by atomic mass is 19.4. The molecule has 1 atom stereocenters. The minimum atomic E-state index is -4.87. The molecule has 0 aliphatic heterocycles. The van der Waals surface area contributed by atoms with Crippen molar-refractivity contribution in [3.63, 3.8) is 0 Å². The quantitative estimate of drug-likeness (QED) is 0.189. The van der Waals surface area contributed by atoms with Crippen molar-refractivity contribution in [2.75, 3.05) is 11.9 Å². The fourth-order valence-electron chi connectivity index (χ4n) is 2.23.